The minimum absolute atomic E-state index is 0. The van der Waals surface area contributed by atoms with E-state index in [1.165, 1.54) is 0 Å². The highest BCUT2D eigenvalue weighted by Gasteiger charge is 2.29. The molecule has 30 heavy (non-hydrogen) atoms. The number of nitrogens with two attached hydrogens (primary N) is 1. The summed E-state index contributed by atoms with van der Waals surface area (Å²) in [4.78, 5) is 11.5. The second-order valence-corrected chi connectivity index (χ2v) is 7.41. The number of anilines is 1. The van der Waals surface area contributed by atoms with E-state index < -0.39 is 0 Å². The van der Waals surface area contributed by atoms with Gasteiger partial charge in [0.25, 0.3) is 0 Å². The predicted octanol–water partition coefficient (Wildman–Crippen LogP) is 3.49. The molecule has 1 aromatic carbocycles. The van der Waals surface area contributed by atoms with E-state index in [1.54, 1.807) is 7.11 Å². The van der Waals surface area contributed by atoms with Gasteiger partial charge in [0, 0.05) is 56.2 Å². The van der Waals surface area contributed by atoms with E-state index in [4.69, 9.17) is 10.5 Å². The lowest BCUT2D eigenvalue weighted by molar-refractivity contribution is 0.177. The van der Waals surface area contributed by atoms with Crippen LogP contribution in [0.25, 0.3) is 5.69 Å². The topological polar surface area (TPSA) is 82.1 Å². The summed E-state index contributed by atoms with van der Waals surface area (Å²) in [5, 5.41) is 4.48. The van der Waals surface area contributed by atoms with Gasteiger partial charge in [-0.1, -0.05) is 18.2 Å². The van der Waals surface area contributed by atoms with Gasteiger partial charge in [0.05, 0.1) is 11.9 Å². The van der Waals surface area contributed by atoms with E-state index in [-0.39, 0.29) is 30.9 Å². The number of hydrogen-bond acceptors (Lipinski definition) is 6. The van der Waals surface area contributed by atoms with Crippen LogP contribution in [0.5, 0.6) is 0 Å². The van der Waals surface area contributed by atoms with Crippen LogP contribution in [0.1, 0.15) is 35.8 Å². The van der Waals surface area contributed by atoms with Crippen LogP contribution in [0.2, 0.25) is 0 Å². The Balaban J connectivity index is 0.00000160. The summed E-state index contributed by atoms with van der Waals surface area (Å²) in [7, 11) is 3.70. The third kappa shape index (κ3) is 5.49. The molecule has 2 aromatic heterocycles. The molecule has 1 aliphatic rings. The highest BCUT2D eigenvalue weighted by molar-refractivity contribution is 5.85. The molecule has 2 heterocycles. The summed E-state index contributed by atoms with van der Waals surface area (Å²) in [6.45, 7) is 1.11. The number of halogens is 2. The van der Waals surface area contributed by atoms with Crippen LogP contribution in [0.3, 0.4) is 0 Å². The Labute approximate surface area is 189 Å². The van der Waals surface area contributed by atoms with Crippen molar-refractivity contribution in [3.05, 3.63) is 65.9 Å². The van der Waals surface area contributed by atoms with Crippen LogP contribution >= 0.6 is 24.8 Å². The van der Waals surface area contributed by atoms with E-state index in [9.17, 15) is 0 Å². The van der Waals surface area contributed by atoms with Gasteiger partial charge in [-0.2, -0.15) is 5.10 Å². The zero-order chi connectivity index (χ0) is 19.5. The van der Waals surface area contributed by atoms with Crippen molar-refractivity contribution in [1.29, 1.82) is 0 Å². The molecule has 0 aliphatic heterocycles. The smallest absolute Gasteiger partial charge is 0.156 e. The van der Waals surface area contributed by atoms with Crippen LogP contribution in [-0.2, 0) is 17.9 Å². The molecule has 0 spiro atoms. The Morgan fingerprint density at radius 3 is 2.57 bits per heavy atom. The molecule has 1 aliphatic carbocycles. The number of methoxy groups -OCH3 is 1. The summed E-state index contributed by atoms with van der Waals surface area (Å²) < 4.78 is 7.15. The first-order valence-corrected chi connectivity index (χ1v) is 9.55. The molecule has 1 fully saturated rings. The first-order valence-electron chi connectivity index (χ1n) is 9.55. The molecule has 0 saturated heterocycles. The van der Waals surface area contributed by atoms with Gasteiger partial charge >= 0.3 is 0 Å². The van der Waals surface area contributed by atoms with E-state index in [0.717, 1.165) is 35.6 Å². The number of benzene rings is 1. The highest BCUT2D eigenvalue weighted by Crippen LogP contribution is 2.35. The molecular weight excluding hydrogens is 423 g/mol. The lowest BCUT2D eigenvalue weighted by Gasteiger charge is -2.32. The van der Waals surface area contributed by atoms with Gasteiger partial charge < -0.3 is 15.4 Å². The fourth-order valence-corrected chi connectivity index (χ4v) is 3.52. The molecule has 162 valence electrons. The molecule has 1 saturated carbocycles. The summed E-state index contributed by atoms with van der Waals surface area (Å²) in [6.07, 6.45) is 5.91. The van der Waals surface area contributed by atoms with Gasteiger partial charge in [0.1, 0.15) is 12.4 Å². The van der Waals surface area contributed by atoms with Crippen molar-refractivity contribution in [3.63, 3.8) is 0 Å². The lowest BCUT2D eigenvalue weighted by Crippen LogP contribution is -2.35. The van der Waals surface area contributed by atoms with Gasteiger partial charge in [-0.3, -0.25) is 0 Å². The van der Waals surface area contributed by atoms with Gasteiger partial charge in [0.15, 0.2) is 5.82 Å². The van der Waals surface area contributed by atoms with Crippen molar-refractivity contribution >= 4 is 30.6 Å². The molecule has 9 heteroatoms. The summed E-state index contributed by atoms with van der Waals surface area (Å²) in [5.41, 5.74) is 9.19. The van der Waals surface area contributed by atoms with Gasteiger partial charge in [-0.15, -0.1) is 24.8 Å². The molecular formula is C21H28Cl2N6O. The second-order valence-electron chi connectivity index (χ2n) is 7.41. The van der Waals surface area contributed by atoms with Crippen LogP contribution < -0.4 is 10.6 Å². The Bertz CT molecular complexity index is 930. The monoisotopic (exact) mass is 450 g/mol. The number of rotatable bonds is 7. The zero-order valence-corrected chi connectivity index (χ0v) is 18.8. The number of hydrogen-bond donors (Lipinski definition) is 1. The Kier molecular flexibility index (Phi) is 8.61. The minimum atomic E-state index is 0. The quantitative estimate of drug-likeness (QED) is 0.592. The van der Waals surface area contributed by atoms with E-state index in [2.05, 4.69) is 32.2 Å². The van der Waals surface area contributed by atoms with E-state index >= 15 is 0 Å². The highest BCUT2D eigenvalue weighted by atomic mass is 35.5. The van der Waals surface area contributed by atoms with E-state index in [0.29, 0.717) is 24.9 Å². The normalized spacial score (nSPS) is 17.4. The Morgan fingerprint density at radius 2 is 1.90 bits per heavy atom. The molecule has 0 radical (unpaired) electrons. The maximum absolute atomic E-state index is 5.97. The van der Waals surface area contributed by atoms with Gasteiger partial charge in [-0.05, 0) is 25.0 Å². The SMILES string of the molecule is COCc1nc(C2CC(N)C2)cc(N(C)Cc2cnn(-c3ccccc3)c2)n1.Cl.Cl. The minimum Gasteiger partial charge on any atom is -0.377 e. The molecule has 0 atom stereocenters. The third-order valence-electron chi connectivity index (χ3n) is 5.11. The maximum atomic E-state index is 5.97. The number of nitrogens with zero attached hydrogens (tertiary/aromatic N) is 5. The van der Waals surface area contributed by atoms with Crippen molar-refractivity contribution in [3.8, 4) is 5.69 Å². The molecule has 0 bridgehead atoms. The van der Waals surface area contributed by atoms with Crippen LogP contribution in [0, 0.1) is 0 Å². The average molecular weight is 451 g/mol. The largest absolute Gasteiger partial charge is 0.377 e. The Hall–Kier alpha value is -2.19. The number of aromatic nitrogens is 4. The van der Waals surface area contributed by atoms with Crippen molar-refractivity contribution in [1.82, 2.24) is 19.7 Å². The first-order chi connectivity index (χ1) is 13.6. The molecule has 3 aromatic rings. The number of ether oxygens (including phenoxy) is 1. The second kappa shape index (κ2) is 10.7. The average Bonchev–Trinajstić information content (AvgIpc) is 3.15. The van der Waals surface area contributed by atoms with Gasteiger partial charge in [0.2, 0.25) is 0 Å². The predicted molar refractivity (Wildman–Crippen MR) is 123 cm³/mol. The van der Waals surface area contributed by atoms with Crippen LogP contribution in [-0.4, -0.2) is 39.9 Å². The Morgan fingerprint density at radius 1 is 1.17 bits per heavy atom. The molecule has 0 amide bonds. The number of para-hydroxylation sites is 1. The fraction of sp³-hybridized carbons (Fsp3) is 0.381. The molecule has 2 N–H and O–H groups in total. The van der Waals surface area contributed by atoms with Crippen molar-refractivity contribution in [2.75, 3.05) is 19.1 Å². The first kappa shape index (κ1) is 24.1. The lowest BCUT2D eigenvalue weighted by atomic mass is 9.78. The van der Waals surface area contributed by atoms with Crippen LogP contribution in [0.15, 0.2) is 48.8 Å². The van der Waals surface area contributed by atoms with E-state index in [1.807, 2.05) is 48.3 Å². The van der Waals surface area contributed by atoms with Crippen molar-refractivity contribution in [2.24, 2.45) is 5.73 Å². The summed E-state index contributed by atoms with van der Waals surface area (Å²) in [6, 6.07) is 12.5. The molecule has 4 rings (SSSR count). The third-order valence-corrected chi connectivity index (χ3v) is 5.11. The van der Waals surface area contributed by atoms with Crippen molar-refractivity contribution in [2.45, 2.75) is 38.0 Å². The van der Waals surface area contributed by atoms with Crippen molar-refractivity contribution < 1.29 is 4.74 Å². The van der Waals surface area contributed by atoms with Crippen LogP contribution in [0.4, 0.5) is 5.82 Å². The molecule has 0 unspecified atom stereocenters. The standard InChI is InChI=1S/C21H26N6O.2ClH/c1-26(12-15-11-23-27(13-15)18-6-4-3-5-7-18)21-10-19(16-8-17(22)9-16)24-20(25-21)14-28-2;;/h3-7,10-11,13,16-17H,8-9,12,14,22H2,1-2H3;2*1H. The summed E-state index contributed by atoms with van der Waals surface area (Å²) in [5.74, 6) is 2.02. The fourth-order valence-electron chi connectivity index (χ4n) is 3.52. The summed E-state index contributed by atoms with van der Waals surface area (Å²) >= 11 is 0. The van der Waals surface area contributed by atoms with Gasteiger partial charge in [-0.25, -0.2) is 14.6 Å². The zero-order valence-electron chi connectivity index (χ0n) is 17.1. The molecule has 7 nitrogen and oxygen atoms in total. The maximum Gasteiger partial charge on any atom is 0.156 e.